The third-order valence-electron chi connectivity index (χ3n) is 3.14. The van der Waals surface area contributed by atoms with Gasteiger partial charge in [0, 0.05) is 11.5 Å². The molecular formula is C13H24N4O6S2. The van der Waals surface area contributed by atoms with Gasteiger partial charge in [-0.25, -0.2) is 0 Å². The van der Waals surface area contributed by atoms with E-state index in [1.165, 1.54) is 13.8 Å². The first-order valence-corrected chi connectivity index (χ1v) is 8.60. The lowest BCUT2D eigenvalue weighted by molar-refractivity contribution is -0.142. The van der Waals surface area contributed by atoms with Gasteiger partial charge in [-0.15, -0.1) is 0 Å². The highest BCUT2D eigenvalue weighted by Crippen LogP contribution is 1.99. The van der Waals surface area contributed by atoms with E-state index in [4.69, 9.17) is 10.8 Å². The number of carboxylic acid groups (broad SMARTS) is 1. The van der Waals surface area contributed by atoms with Gasteiger partial charge in [0.25, 0.3) is 0 Å². The van der Waals surface area contributed by atoms with Crippen molar-refractivity contribution in [1.29, 1.82) is 0 Å². The topological polar surface area (TPSA) is 171 Å². The molecule has 0 heterocycles. The lowest BCUT2D eigenvalue weighted by Gasteiger charge is -2.25. The average Bonchev–Trinajstić information content (AvgIpc) is 2.55. The van der Waals surface area contributed by atoms with Crippen molar-refractivity contribution in [2.24, 2.45) is 5.73 Å². The molecule has 0 aliphatic heterocycles. The van der Waals surface area contributed by atoms with Crippen molar-refractivity contribution in [3.8, 4) is 0 Å². The Labute approximate surface area is 156 Å². The SMILES string of the molecule is CC(NC(=O)C(NC(=O)C(CS)NC(=O)C(N)CS)C(C)O)C(=O)O. The number of carbonyl (C=O) groups is 4. The molecule has 0 aromatic rings. The predicted octanol–water partition coefficient (Wildman–Crippen LogP) is -2.89. The van der Waals surface area contributed by atoms with Crippen LogP contribution in [0.2, 0.25) is 0 Å². The summed E-state index contributed by atoms with van der Waals surface area (Å²) in [5.74, 6) is -3.57. The van der Waals surface area contributed by atoms with Gasteiger partial charge in [0.15, 0.2) is 0 Å². The first kappa shape index (κ1) is 23.5. The summed E-state index contributed by atoms with van der Waals surface area (Å²) in [5.41, 5.74) is 5.50. The Kier molecular flexibility index (Phi) is 10.5. The highest BCUT2D eigenvalue weighted by molar-refractivity contribution is 7.80. The van der Waals surface area contributed by atoms with Crippen LogP contribution in [0.4, 0.5) is 0 Å². The van der Waals surface area contributed by atoms with Crippen molar-refractivity contribution in [2.75, 3.05) is 11.5 Å². The molecule has 12 heteroatoms. The smallest absolute Gasteiger partial charge is 0.325 e. The van der Waals surface area contributed by atoms with E-state index in [1.54, 1.807) is 0 Å². The van der Waals surface area contributed by atoms with Crippen LogP contribution < -0.4 is 21.7 Å². The fraction of sp³-hybridized carbons (Fsp3) is 0.692. The molecule has 0 aromatic carbocycles. The van der Waals surface area contributed by atoms with Crippen LogP contribution >= 0.6 is 25.3 Å². The van der Waals surface area contributed by atoms with E-state index in [9.17, 15) is 24.3 Å². The van der Waals surface area contributed by atoms with Crippen molar-refractivity contribution >= 4 is 48.9 Å². The predicted molar refractivity (Wildman–Crippen MR) is 96.5 cm³/mol. The van der Waals surface area contributed by atoms with Gasteiger partial charge in [0.2, 0.25) is 17.7 Å². The van der Waals surface area contributed by atoms with Gasteiger partial charge in [-0.05, 0) is 13.8 Å². The summed E-state index contributed by atoms with van der Waals surface area (Å²) in [4.78, 5) is 46.8. The maximum absolute atomic E-state index is 12.2. The zero-order valence-electron chi connectivity index (χ0n) is 13.8. The third kappa shape index (κ3) is 7.94. The molecule has 0 radical (unpaired) electrons. The molecule has 144 valence electrons. The number of thiol groups is 2. The zero-order chi connectivity index (χ0) is 19.7. The second-order valence-electron chi connectivity index (χ2n) is 5.33. The number of amides is 3. The van der Waals surface area contributed by atoms with Crippen molar-refractivity contribution in [3.63, 3.8) is 0 Å². The van der Waals surface area contributed by atoms with Gasteiger partial charge in [-0.1, -0.05) is 0 Å². The molecular weight excluding hydrogens is 372 g/mol. The normalized spacial score (nSPS) is 16.7. The molecule has 7 N–H and O–H groups in total. The summed E-state index contributed by atoms with van der Waals surface area (Å²) >= 11 is 7.84. The second-order valence-corrected chi connectivity index (χ2v) is 6.06. The van der Waals surface area contributed by atoms with Crippen LogP contribution in [-0.2, 0) is 19.2 Å². The number of rotatable bonds is 10. The van der Waals surface area contributed by atoms with Crippen molar-refractivity contribution < 1.29 is 29.4 Å². The number of nitrogens with two attached hydrogens (primary N) is 1. The number of hydrogen-bond donors (Lipinski definition) is 8. The Morgan fingerprint density at radius 1 is 0.960 bits per heavy atom. The molecule has 25 heavy (non-hydrogen) atoms. The van der Waals surface area contributed by atoms with Crippen LogP contribution in [0.15, 0.2) is 0 Å². The lowest BCUT2D eigenvalue weighted by atomic mass is 10.1. The largest absolute Gasteiger partial charge is 0.480 e. The quantitative estimate of drug-likeness (QED) is 0.183. The van der Waals surface area contributed by atoms with Gasteiger partial charge < -0.3 is 31.9 Å². The van der Waals surface area contributed by atoms with E-state index in [0.29, 0.717) is 0 Å². The van der Waals surface area contributed by atoms with Gasteiger partial charge in [-0.3, -0.25) is 19.2 Å². The fourth-order valence-corrected chi connectivity index (χ4v) is 2.00. The Morgan fingerprint density at radius 3 is 1.92 bits per heavy atom. The molecule has 10 nitrogen and oxygen atoms in total. The Hall–Kier alpha value is -1.50. The molecule has 0 aromatic heterocycles. The Bertz CT molecular complexity index is 505. The van der Waals surface area contributed by atoms with Crippen LogP contribution in [0, 0.1) is 0 Å². The molecule has 0 saturated heterocycles. The van der Waals surface area contributed by atoms with Crippen LogP contribution in [0.25, 0.3) is 0 Å². The average molecular weight is 396 g/mol. The van der Waals surface area contributed by atoms with Crippen LogP contribution in [0.5, 0.6) is 0 Å². The Balaban J connectivity index is 4.99. The summed E-state index contributed by atoms with van der Waals surface area (Å²) in [5, 5.41) is 25.2. The molecule has 0 bridgehead atoms. The third-order valence-corrected chi connectivity index (χ3v) is 3.90. The molecule has 5 unspecified atom stereocenters. The van der Waals surface area contributed by atoms with Crippen LogP contribution in [0.3, 0.4) is 0 Å². The lowest BCUT2D eigenvalue weighted by Crippen LogP contribution is -2.60. The molecule has 0 saturated carbocycles. The zero-order valence-corrected chi connectivity index (χ0v) is 15.6. The van der Waals surface area contributed by atoms with Gasteiger partial charge >= 0.3 is 5.97 Å². The minimum absolute atomic E-state index is 0.0680. The van der Waals surface area contributed by atoms with E-state index >= 15 is 0 Å². The number of aliphatic hydroxyl groups excluding tert-OH is 1. The maximum atomic E-state index is 12.2. The van der Waals surface area contributed by atoms with Crippen molar-refractivity contribution in [1.82, 2.24) is 16.0 Å². The number of carboxylic acids is 1. The summed E-state index contributed by atoms with van der Waals surface area (Å²) in [7, 11) is 0. The Morgan fingerprint density at radius 2 is 1.52 bits per heavy atom. The van der Waals surface area contributed by atoms with Crippen molar-refractivity contribution in [3.05, 3.63) is 0 Å². The fourth-order valence-electron chi connectivity index (χ4n) is 1.58. The molecule has 5 atom stereocenters. The van der Waals surface area contributed by atoms with E-state index in [-0.39, 0.29) is 11.5 Å². The van der Waals surface area contributed by atoms with E-state index in [0.717, 1.165) is 0 Å². The standard InChI is InChI=1S/C13H24N4O6S2/c1-5(13(22)23)15-12(21)9(6(2)18)17-11(20)8(4-25)16-10(19)7(14)3-24/h5-9,18,24-25H,3-4,14H2,1-2H3,(H,15,21)(H,16,19)(H,17,20)(H,22,23). The first-order chi connectivity index (χ1) is 11.5. The monoisotopic (exact) mass is 396 g/mol. The first-order valence-electron chi connectivity index (χ1n) is 7.34. The molecule has 0 aliphatic carbocycles. The minimum atomic E-state index is -1.41. The summed E-state index contributed by atoms with van der Waals surface area (Å²) in [6.45, 7) is 2.48. The number of carbonyl (C=O) groups excluding carboxylic acids is 3. The molecule has 0 fully saturated rings. The maximum Gasteiger partial charge on any atom is 0.325 e. The molecule has 3 amide bonds. The summed E-state index contributed by atoms with van der Waals surface area (Å²) in [6, 6.07) is -4.65. The van der Waals surface area contributed by atoms with Crippen molar-refractivity contribution in [2.45, 2.75) is 44.1 Å². The molecule has 0 rings (SSSR count). The summed E-state index contributed by atoms with van der Waals surface area (Å²) in [6.07, 6.45) is -1.30. The number of nitrogens with one attached hydrogen (secondary N) is 3. The number of aliphatic carboxylic acids is 1. The highest BCUT2D eigenvalue weighted by atomic mass is 32.1. The minimum Gasteiger partial charge on any atom is -0.480 e. The second kappa shape index (κ2) is 11.2. The highest BCUT2D eigenvalue weighted by Gasteiger charge is 2.31. The molecule has 0 spiro atoms. The van der Waals surface area contributed by atoms with Gasteiger partial charge in [-0.2, -0.15) is 25.3 Å². The van der Waals surface area contributed by atoms with E-state index in [1.807, 2.05) is 0 Å². The van der Waals surface area contributed by atoms with Crippen LogP contribution in [-0.4, -0.2) is 75.7 Å². The molecule has 0 aliphatic rings. The van der Waals surface area contributed by atoms with Gasteiger partial charge in [0.1, 0.15) is 18.1 Å². The number of aliphatic hydroxyl groups is 1. The number of hydrogen-bond acceptors (Lipinski definition) is 8. The van der Waals surface area contributed by atoms with Gasteiger partial charge in [0.05, 0.1) is 12.1 Å². The van der Waals surface area contributed by atoms with E-state index < -0.39 is 54.0 Å². The van der Waals surface area contributed by atoms with Crippen LogP contribution in [0.1, 0.15) is 13.8 Å². The van der Waals surface area contributed by atoms with E-state index in [2.05, 4.69) is 41.2 Å². The summed E-state index contributed by atoms with van der Waals surface area (Å²) < 4.78 is 0.